The highest BCUT2D eigenvalue weighted by Crippen LogP contribution is 2.62. The fraction of sp³-hybridized carbons (Fsp3) is 0.720. The molecule has 1 aromatic carbocycles. The molecular weight excluding hydrogens is 394 g/mol. The number of nitrogens with one attached hydrogen (secondary N) is 1. The van der Waals surface area contributed by atoms with Crippen molar-refractivity contribution in [3.8, 4) is 0 Å². The third kappa shape index (κ3) is 4.40. The van der Waals surface area contributed by atoms with Gasteiger partial charge in [0.15, 0.2) is 6.29 Å². The van der Waals surface area contributed by atoms with E-state index in [9.17, 15) is 9.90 Å². The molecule has 1 aromatic rings. The van der Waals surface area contributed by atoms with Gasteiger partial charge in [-0.3, -0.25) is 4.79 Å². The maximum atomic E-state index is 12.8. The van der Waals surface area contributed by atoms with Crippen LogP contribution in [0.25, 0.3) is 0 Å². The Morgan fingerprint density at radius 2 is 1.97 bits per heavy atom. The number of carbonyl (C=O) groups excluding carboxylic acids is 1. The number of carbonyl (C=O) groups is 1. The summed E-state index contributed by atoms with van der Waals surface area (Å²) in [6.45, 7) is 6.14. The molecule has 2 N–H and O–H groups in total. The fourth-order valence-corrected chi connectivity index (χ4v) is 6.58. The number of rotatable bonds is 6. The van der Waals surface area contributed by atoms with E-state index in [4.69, 9.17) is 14.2 Å². The molecule has 3 aliphatic rings. The average molecular weight is 432 g/mol. The Morgan fingerprint density at radius 1 is 1.19 bits per heavy atom. The van der Waals surface area contributed by atoms with Crippen LogP contribution in [0.1, 0.15) is 51.5 Å². The zero-order valence-corrected chi connectivity index (χ0v) is 19.0. The number of hydrogen-bond donors (Lipinski definition) is 2. The van der Waals surface area contributed by atoms with Crippen molar-refractivity contribution in [3.63, 3.8) is 0 Å². The first-order valence-corrected chi connectivity index (χ1v) is 11.6. The van der Waals surface area contributed by atoms with Crippen LogP contribution in [-0.2, 0) is 25.5 Å². The molecule has 7 atom stereocenters. The van der Waals surface area contributed by atoms with Gasteiger partial charge in [0.05, 0.1) is 25.4 Å². The molecule has 2 aliphatic carbocycles. The fourth-order valence-electron chi connectivity index (χ4n) is 6.58. The highest BCUT2D eigenvalue weighted by Gasteiger charge is 2.61. The predicted octanol–water partition coefficient (Wildman–Crippen LogP) is 3.27. The van der Waals surface area contributed by atoms with Crippen molar-refractivity contribution in [2.75, 3.05) is 20.3 Å². The molecule has 31 heavy (non-hydrogen) atoms. The topological polar surface area (TPSA) is 77.0 Å². The second-order valence-corrected chi connectivity index (χ2v) is 10.1. The van der Waals surface area contributed by atoms with Crippen molar-refractivity contribution in [2.24, 2.45) is 22.7 Å². The number of benzene rings is 1. The first-order chi connectivity index (χ1) is 14.9. The molecule has 3 fully saturated rings. The van der Waals surface area contributed by atoms with Crippen LogP contribution >= 0.6 is 0 Å². The van der Waals surface area contributed by atoms with Crippen molar-refractivity contribution in [2.45, 2.75) is 71.0 Å². The first-order valence-electron chi connectivity index (χ1n) is 11.6. The molecule has 2 saturated carbocycles. The summed E-state index contributed by atoms with van der Waals surface area (Å²) in [7, 11) is 1.66. The van der Waals surface area contributed by atoms with Gasteiger partial charge in [-0.25, -0.2) is 0 Å². The summed E-state index contributed by atoms with van der Waals surface area (Å²) in [4.78, 5) is 12.8. The lowest BCUT2D eigenvalue weighted by atomic mass is 9.46. The van der Waals surface area contributed by atoms with Crippen LogP contribution in [-0.4, -0.2) is 49.8 Å². The predicted molar refractivity (Wildman–Crippen MR) is 117 cm³/mol. The quantitative estimate of drug-likeness (QED) is 0.723. The van der Waals surface area contributed by atoms with Crippen molar-refractivity contribution >= 4 is 5.91 Å². The van der Waals surface area contributed by atoms with Gasteiger partial charge in [-0.2, -0.15) is 0 Å². The minimum absolute atomic E-state index is 0.0124. The van der Waals surface area contributed by atoms with E-state index < -0.39 is 6.10 Å². The Hall–Kier alpha value is -1.47. The minimum atomic E-state index is -0.449. The SMILES string of the molecule is COC[C@@H]1OC[C@@]2(C)[C@@H]3CC[C@@H](O)[C@@H](CC(=O)NCc4ccccc4)[C@]3(C)CC[C@@H]2O1. The van der Waals surface area contributed by atoms with Crippen LogP contribution in [0, 0.1) is 22.7 Å². The zero-order valence-electron chi connectivity index (χ0n) is 19.0. The number of ether oxygens (including phenoxy) is 3. The summed E-state index contributed by atoms with van der Waals surface area (Å²) >= 11 is 0. The standard InChI is InChI=1S/C25H37NO5/c1-24-12-11-21-25(2,16-30-23(31-21)15-29-3)20(24)10-9-19(27)18(24)13-22(28)26-14-17-7-5-4-6-8-17/h4-8,18-21,23,27H,9-16H2,1-3H3,(H,26,28)/t18-,19-,20-,21+,23-,24+,25+/m1/s1. The zero-order chi connectivity index (χ0) is 22.1. The maximum absolute atomic E-state index is 12.8. The van der Waals surface area contributed by atoms with Crippen molar-refractivity contribution in [1.82, 2.24) is 5.32 Å². The summed E-state index contributed by atoms with van der Waals surface area (Å²) in [5, 5.41) is 14.0. The molecule has 0 aromatic heterocycles. The van der Waals surface area contributed by atoms with E-state index in [1.165, 1.54) is 0 Å². The minimum Gasteiger partial charge on any atom is -0.393 e. The second kappa shape index (κ2) is 9.18. The molecule has 0 unspecified atom stereocenters. The molecule has 6 nitrogen and oxygen atoms in total. The molecule has 1 heterocycles. The largest absolute Gasteiger partial charge is 0.393 e. The molecule has 0 spiro atoms. The van der Waals surface area contributed by atoms with Gasteiger partial charge in [-0.15, -0.1) is 0 Å². The van der Waals surface area contributed by atoms with Gasteiger partial charge >= 0.3 is 0 Å². The molecule has 4 rings (SSSR count). The number of methoxy groups -OCH3 is 1. The lowest BCUT2D eigenvalue weighted by Crippen LogP contribution is -2.63. The van der Waals surface area contributed by atoms with E-state index in [1.54, 1.807) is 7.11 Å². The van der Waals surface area contributed by atoms with E-state index in [1.807, 2.05) is 30.3 Å². The molecule has 6 heteroatoms. The Balaban J connectivity index is 1.45. The molecule has 1 saturated heterocycles. The van der Waals surface area contributed by atoms with Crippen molar-refractivity contribution in [1.29, 1.82) is 0 Å². The van der Waals surface area contributed by atoms with Crippen LogP contribution < -0.4 is 5.32 Å². The van der Waals surface area contributed by atoms with E-state index in [-0.39, 0.29) is 35.0 Å². The lowest BCUT2D eigenvalue weighted by Gasteiger charge is -2.62. The van der Waals surface area contributed by atoms with Gasteiger partial charge in [0.2, 0.25) is 5.91 Å². The normalized spacial score (nSPS) is 39.9. The summed E-state index contributed by atoms with van der Waals surface area (Å²) < 4.78 is 17.5. The summed E-state index contributed by atoms with van der Waals surface area (Å²) in [5.41, 5.74) is 0.850. The van der Waals surface area contributed by atoms with Gasteiger partial charge in [0.25, 0.3) is 0 Å². The van der Waals surface area contributed by atoms with Crippen molar-refractivity contribution in [3.05, 3.63) is 35.9 Å². The second-order valence-electron chi connectivity index (χ2n) is 10.1. The van der Waals surface area contributed by atoms with Gasteiger partial charge in [-0.05, 0) is 48.5 Å². The number of amides is 1. The molecular formula is C25H37NO5. The molecule has 1 aliphatic heterocycles. The highest BCUT2D eigenvalue weighted by molar-refractivity contribution is 5.76. The van der Waals surface area contributed by atoms with Crippen LogP contribution in [0.4, 0.5) is 0 Å². The Morgan fingerprint density at radius 3 is 2.71 bits per heavy atom. The van der Waals surface area contributed by atoms with Gasteiger partial charge in [-0.1, -0.05) is 44.2 Å². The summed E-state index contributed by atoms with van der Waals surface area (Å²) in [5.74, 6) is 0.299. The van der Waals surface area contributed by atoms with E-state index in [2.05, 4.69) is 19.2 Å². The smallest absolute Gasteiger partial charge is 0.220 e. The van der Waals surface area contributed by atoms with Crippen molar-refractivity contribution < 1.29 is 24.1 Å². The van der Waals surface area contributed by atoms with E-state index >= 15 is 0 Å². The number of aliphatic hydroxyl groups excluding tert-OH is 1. The third-order valence-corrected chi connectivity index (χ3v) is 8.27. The maximum Gasteiger partial charge on any atom is 0.220 e. The Kier molecular flexibility index (Phi) is 6.73. The van der Waals surface area contributed by atoms with E-state index in [0.717, 1.165) is 31.2 Å². The van der Waals surface area contributed by atoms with Crippen LogP contribution in [0.15, 0.2) is 30.3 Å². The van der Waals surface area contributed by atoms with Gasteiger partial charge in [0.1, 0.15) is 0 Å². The van der Waals surface area contributed by atoms with Gasteiger partial charge < -0.3 is 24.6 Å². The number of fused-ring (bicyclic) bond motifs is 3. The number of hydrogen-bond acceptors (Lipinski definition) is 5. The lowest BCUT2D eigenvalue weighted by molar-refractivity contribution is -0.315. The average Bonchev–Trinajstić information content (AvgIpc) is 2.76. The highest BCUT2D eigenvalue weighted by atomic mass is 16.7. The monoisotopic (exact) mass is 431 g/mol. The molecule has 172 valence electrons. The van der Waals surface area contributed by atoms with Crippen LogP contribution in [0.2, 0.25) is 0 Å². The first kappa shape index (κ1) is 22.7. The van der Waals surface area contributed by atoms with Gasteiger partial charge in [0, 0.05) is 25.5 Å². The molecule has 1 amide bonds. The summed E-state index contributed by atoms with van der Waals surface area (Å²) in [6.07, 6.45) is 3.26. The Bertz CT molecular complexity index is 758. The van der Waals surface area contributed by atoms with E-state index in [0.29, 0.717) is 32.1 Å². The summed E-state index contributed by atoms with van der Waals surface area (Å²) in [6, 6.07) is 9.94. The molecule has 0 radical (unpaired) electrons. The number of aliphatic hydroxyl groups is 1. The Labute approximate surface area is 185 Å². The third-order valence-electron chi connectivity index (χ3n) is 8.27. The van der Waals surface area contributed by atoms with Crippen LogP contribution in [0.5, 0.6) is 0 Å². The van der Waals surface area contributed by atoms with Crippen LogP contribution in [0.3, 0.4) is 0 Å². The molecule has 0 bridgehead atoms.